The van der Waals surface area contributed by atoms with Crippen LogP contribution in [0, 0.1) is 4.84 Å². The number of halogens is 4. The van der Waals surface area contributed by atoms with Crippen LogP contribution < -0.4 is 0 Å². The lowest BCUT2D eigenvalue weighted by Crippen LogP contribution is -1.99. The molecule has 0 aliphatic heterocycles. The van der Waals surface area contributed by atoms with E-state index in [1.807, 2.05) is 0 Å². The van der Waals surface area contributed by atoms with E-state index < -0.39 is 0 Å². The standard InChI is InChI=1S/C4H5Br2Cl2/c5-2-3(6)1-4(7)8/h3H,1-2H2. The summed E-state index contributed by atoms with van der Waals surface area (Å²) in [6.07, 6.45) is 0.703. The third-order valence-corrected chi connectivity index (χ3v) is 3.15. The Bertz CT molecular complexity index is 58.0. The van der Waals surface area contributed by atoms with E-state index in [1.165, 1.54) is 0 Å². The van der Waals surface area contributed by atoms with Gasteiger partial charge >= 0.3 is 0 Å². The highest BCUT2D eigenvalue weighted by atomic mass is 79.9. The molecule has 1 atom stereocenters. The molecule has 1 unspecified atom stereocenters. The third kappa shape index (κ3) is 5.67. The minimum absolute atomic E-state index is 0.354. The first-order chi connectivity index (χ1) is 3.66. The number of hydrogen-bond acceptors (Lipinski definition) is 0. The maximum Gasteiger partial charge on any atom is 0.152 e. The van der Waals surface area contributed by atoms with Gasteiger partial charge in [0.05, 0.1) is 0 Å². The summed E-state index contributed by atoms with van der Waals surface area (Å²) in [6.45, 7) is 0. The van der Waals surface area contributed by atoms with Gasteiger partial charge in [-0.25, -0.2) is 0 Å². The maximum atomic E-state index is 5.38. The zero-order valence-electron chi connectivity index (χ0n) is 4.00. The van der Waals surface area contributed by atoms with Crippen LogP contribution in [-0.2, 0) is 0 Å². The Labute approximate surface area is 76.2 Å². The molecule has 0 aromatic carbocycles. The molecule has 49 valence electrons. The van der Waals surface area contributed by atoms with Crippen molar-refractivity contribution in [3.63, 3.8) is 0 Å². The molecule has 0 saturated carbocycles. The second-order valence-corrected chi connectivity index (χ2v) is 4.34. The van der Waals surface area contributed by atoms with Gasteiger partial charge in [0.2, 0.25) is 0 Å². The van der Waals surface area contributed by atoms with Crippen LogP contribution >= 0.6 is 55.1 Å². The van der Waals surface area contributed by atoms with Crippen LogP contribution in [0.25, 0.3) is 0 Å². The molecule has 0 spiro atoms. The number of hydrogen-bond donors (Lipinski definition) is 0. The summed E-state index contributed by atoms with van der Waals surface area (Å²) in [6, 6.07) is 0. The van der Waals surface area contributed by atoms with Gasteiger partial charge in [-0.05, 0) is 6.42 Å². The second kappa shape index (κ2) is 5.33. The van der Waals surface area contributed by atoms with Crippen molar-refractivity contribution in [3.05, 3.63) is 4.84 Å². The summed E-state index contributed by atoms with van der Waals surface area (Å²) < 4.78 is 0. The highest BCUT2D eigenvalue weighted by molar-refractivity contribution is 9.12. The van der Waals surface area contributed by atoms with Gasteiger partial charge in [-0.2, -0.15) is 0 Å². The fourth-order valence-electron chi connectivity index (χ4n) is 0.222. The Morgan fingerprint density at radius 3 is 2.12 bits per heavy atom. The van der Waals surface area contributed by atoms with Gasteiger partial charge in [-0.15, -0.1) is 0 Å². The van der Waals surface area contributed by atoms with Gasteiger partial charge in [0.25, 0.3) is 0 Å². The van der Waals surface area contributed by atoms with Crippen molar-refractivity contribution in [2.45, 2.75) is 11.2 Å². The summed E-state index contributed by atoms with van der Waals surface area (Å²) in [5.41, 5.74) is 0. The molecular formula is C4H5Br2Cl2. The van der Waals surface area contributed by atoms with E-state index in [2.05, 4.69) is 31.9 Å². The predicted octanol–water partition coefficient (Wildman–Crippen LogP) is 3.50. The topological polar surface area (TPSA) is 0 Å². The number of rotatable bonds is 3. The normalized spacial score (nSPS) is 14.6. The van der Waals surface area contributed by atoms with Gasteiger partial charge in [-0.3, -0.25) is 0 Å². The molecule has 0 bridgehead atoms. The minimum atomic E-state index is 0.354. The molecule has 0 nitrogen and oxygen atoms in total. The zero-order valence-corrected chi connectivity index (χ0v) is 8.69. The monoisotopic (exact) mass is 281 g/mol. The van der Waals surface area contributed by atoms with Crippen molar-refractivity contribution in [2.24, 2.45) is 0 Å². The largest absolute Gasteiger partial charge is 0.152 e. The van der Waals surface area contributed by atoms with E-state index >= 15 is 0 Å². The first kappa shape index (κ1) is 9.54. The molecule has 0 N–H and O–H groups in total. The van der Waals surface area contributed by atoms with Crippen molar-refractivity contribution in [3.8, 4) is 0 Å². The van der Waals surface area contributed by atoms with E-state index in [-0.39, 0.29) is 0 Å². The Balaban J connectivity index is 3.10. The Morgan fingerprint density at radius 2 is 2.00 bits per heavy atom. The summed E-state index contributed by atoms with van der Waals surface area (Å²) in [4.78, 5) is 0.777. The van der Waals surface area contributed by atoms with E-state index in [9.17, 15) is 0 Å². The Kier molecular flexibility index (Phi) is 6.36. The summed E-state index contributed by atoms with van der Waals surface area (Å²) in [7, 11) is 0. The second-order valence-electron chi connectivity index (χ2n) is 1.29. The molecule has 4 heteroatoms. The molecule has 0 amide bonds. The predicted molar refractivity (Wildman–Crippen MR) is 46.1 cm³/mol. The van der Waals surface area contributed by atoms with Crippen molar-refractivity contribution < 1.29 is 0 Å². The molecule has 0 aliphatic carbocycles. The molecule has 1 radical (unpaired) electrons. The van der Waals surface area contributed by atoms with Gasteiger partial charge in [0.15, 0.2) is 4.84 Å². The quantitative estimate of drug-likeness (QED) is 0.696. The Morgan fingerprint density at radius 1 is 1.50 bits per heavy atom. The van der Waals surface area contributed by atoms with Crippen LogP contribution in [0.3, 0.4) is 0 Å². The van der Waals surface area contributed by atoms with Crippen LogP contribution in [0.15, 0.2) is 0 Å². The smallest absolute Gasteiger partial charge is 0.0983 e. The summed E-state index contributed by atoms with van der Waals surface area (Å²) >= 11 is 17.4. The lowest BCUT2D eigenvalue weighted by molar-refractivity contribution is 0.981. The fraction of sp³-hybridized carbons (Fsp3) is 0.750. The molecule has 0 rings (SSSR count). The molecule has 0 heterocycles. The van der Waals surface area contributed by atoms with Crippen molar-refractivity contribution in [1.82, 2.24) is 0 Å². The summed E-state index contributed by atoms with van der Waals surface area (Å²) in [5, 5.41) is 0.871. The van der Waals surface area contributed by atoms with Crippen LogP contribution in [0.2, 0.25) is 0 Å². The van der Waals surface area contributed by atoms with Crippen LogP contribution in [0.4, 0.5) is 0 Å². The van der Waals surface area contributed by atoms with E-state index in [1.54, 1.807) is 0 Å². The Hall–Kier alpha value is 1.54. The van der Waals surface area contributed by atoms with Crippen LogP contribution in [-0.4, -0.2) is 10.2 Å². The average molecular weight is 284 g/mol. The van der Waals surface area contributed by atoms with E-state index in [0.717, 1.165) is 5.33 Å². The van der Waals surface area contributed by atoms with Gasteiger partial charge in [0.1, 0.15) is 0 Å². The first-order valence-electron chi connectivity index (χ1n) is 2.03. The third-order valence-electron chi connectivity index (χ3n) is 0.543. The highest BCUT2D eigenvalue weighted by Crippen LogP contribution is 2.23. The molecule has 8 heavy (non-hydrogen) atoms. The highest BCUT2D eigenvalue weighted by Gasteiger charge is 2.07. The van der Waals surface area contributed by atoms with E-state index in [0.29, 0.717) is 16.1 Å². The maximum absolute atomic E-state index is 5.38. The molecule has 0 aromatic rings. The molecule has 0 saturated heterocycles. The van der Waals surface area contributed by atoms with Gasteiger partial charge in [0, 0.05) is 10.2 Å². The SMILES string of the molecule is Cl[C](Cl)CC(Br)CBr. The van der Waals surface area contributed by atoms with Crippen molar-refractivity contribution in [2.75, 3.05) is 5.33 Å². The van der Waals surface area contributed by atoms with Crippen LogP contribution in [0.1, 0.15) is 6.42 Å². The van der Waals surface area contributed by atoms with Crippen molar-refractivity contribution >= 4 is 55.1 Å². The fourth-order valence-corrected chi connectivity index (χ4v) is 1.52. The van der Waals surface area contributed by atoms with Crippen molar-refractivity contribution in [1.29, 1.82) is 0 Å². The molecule has 0 aromatic heterocycles. The lowest BCUT2D eigenvalue weighted by Gasteiger charge is -2.02. The molecular weight excluding hydrogens is 279 g/mol. The van der Waals surface area contributed by atoms with Gasteiger partial charge < -0.3 is 0 Å². The number of alkyl halides is 2. The van der Waals surface area contributed by atoms with Crippen LogP contribution in [0.5, 0.6) is 0 Å². The average Bonchev–Trinajstić information content (AvgIpc) is 1.65. The lowest BCUT2D eigenvalue weighted by atomic mass is 10.4. The zero-order chi connectivity index (χ0) is 6.57. The first-order valence-corrected chi connectivity index (χ1v) is 4.83. The minimum Gasteiger partial charge on any atom is -0.0983 e. The van der Waals surface area contributed by atoms with E-state index in [4.69, 9.17) is 23.2 Å². The van der Waals surface area contributed by atoms with Gasteiger partial charge in [-0.1, -0.05) is 55.1 Å². The molecule has 0 aliphatic rings. The summed E-state index contributed by atoms with van der Waals surface area (Å²) in [5.74, 6) is 0. The molecule has 0 fully saturated rings.